The van der Waals surface area contributed by atoms with E-state index in [1.807, 2.05) is 12.5 Å². The normalized spacial score (nSPS) is 21.7. The monoisotopic (exact) mass is 253 g/mol. The summed E-state index contributed by atoms with van der Waals surface area (Å²) in [6, 6.07) is 0.646. The molecule has 0 amide bonds. The number of imidazole rings is 1. The van der Waals surface area contributed by atoms with Crippen LogP contribution in [0.15, 0.2) is 12.5 Å². The summed E-state index contributed by atoms with van der Waals surface area (Å²) in [4.78, 5) is 4.31. The average Bonchev–Trinajstić information content (AvgIpc) is 2.75. The second-order valence-electron chi connectivity index (χ2n) is 5.77. The van der Waals surface area contributed by atoms with Crippen molar-refractivity contribution >= 4 is 11.8 Å². The van der Waals surface area contributed by atoms with Gasteiger partial charge in [-0.15, -0.1) is 0 Å². The first kappa shape index (κ1) is 13.0. The largest absolute Gasteiger partial charge is 0.329 e. The van der Waals surface area contributed by atoms with Crippen LogP contribution < -0.4 is 5.32 Å². The van der Waals surface area contributed by atoms with E-state index in [1.165, 1.54) is 30.0 Å². The van der Waals surface area contributed by atoms with E-state index in [0.29, 0.717) is 6.04 Å². The van der Waals surface area contributed by atoms with Gasteiger partial charge in [-0.3, -0.25) is 0 Å². The molecule has 1 unspecified atom stereocenters. The Kier molecular flexibility index (Phi) is 4.15. The Balaban J connectivity index is 2.00. The molecule has 2 rings (SSSR count). The molecular weight excluding hydrogens is 230 g/mol. The lowest BCUT2D eigenvalue weighted by atomic mass is 10.1. The minimum absolute atomic E-state index is 0.163. The molecule has 0 bridgehead atoms. The lowest BCUT2D eigenvalue weighted by Crippen LogP contribution is -2.36. The Bertz CT molecular complexity index is 348. The predicted octanol–water partition coefficient (Wildman–Crippen LogP) is 2.84. The van der Waals surface area contributed by atoms with Gasteiger partial charge in [0.25, 0.3) is 0 Å². The molecule has 1 aromatic heterocycles. The van der Waals surface area contributed by atoms with E-state index in [1.54, 1.807) is 0 Å². The highest BCUT2D eigenvalue weighted by molar-refractivity contribution is 7.99. The summed E-state index contributed by atoms with van der Waals surface area (Å²) in [7, 11) is 0. The van der Waals surface area contributed by atoms with Crippen LogP contribution >= 0.6 is 11.8 Å². The van der Waals surface area contributed by atoms with Gasteiger partial charge in [0.05, 0.1) is 12.0 Å². The molecule has 1 N–H and O–H groups in total. The SMILES string of the molecule is CC(C)(C)NCc1cncn1C1CCCSC1. The molecule has 1 atom stereocenters. The third kappa shape index (κ3) is 3.75. The zero-order valence-corrected chi connectivity index (χ0v) is 11.9. The summed E-state index contributed by atoms with van der Waals surface area (Å²) < 4.78 is 2.37. The third-order valence-corrected chi connectivity index (χ3v) is 4.27. The lowest BCUT2D eigenvalue weighted by molar-refractivity contribution is 0.404. The zero-order chi connectivity index (χ0) is 12.3. The highest BCUT2D eigenvalue weighted by atomic mass is 32.2. The van der Waals surface area contributed by atoms with E-state index in [4.69, 9.17) is 0 Å². The van der Waals surface area contributed by atoms with Gasteiger partial charge >= 0.3 is 0 Å². The molecule has 96 valence electrons. The van der Waals surface area contributed by atoms with Crippen molar-refractivity contribution < 1.29 is 0 Å². The van der Waals surface area contributed by atoms with E-state index in [9.17, 15) is 0 Å². The van der Waals surface area contributed by atoms with Crippen molar-refractivity contribution in [2.45, 2.75) is 51.7 Å². The fourth-order valence-corrected chi connectivity index (χ4v) is 3.23. The van der Waals surface area contributed by atoms with Gasteiger partial charge in [0.15, 0.2) is 0 Å². The molecule has 0 aliphatic carbocycles. The van der Waals surface area contributed by atoms with Crippen LogP contribution in [-0.2, 0) is 6.54 Å². The number of aromatic nitrogens is 2. The number of thioether (sulfide) groups is 1. The summed E-state index contributed by atoms with van der Waals surface area (Å²) in [6.45, 7) is 7.50. The molecule has 1 fully saturated rings. The van der Waals surface area contributed by atoms with E-state index in [2.05, 4.69) is 47.4 Å². The Morgan fingerprint density at radius 3 is 3.00 bits per heavy atom. The molecule has 2 heterocycles. The van der Waals surface area contributed by atoms with Gasteiger partial charge in [0.2, 0.25) is 0 Å². The van der Waals surface area contributed by atoms with Crippen LogP contribution in [-0.4, -0.2) is 26.6 Å². The Labute approximate surface area is 108 Å². The number of nitrogens with zero attached hydrogens (tertiary/aromatic N) is 2. The van der Waals surface area contributed by atoms with Crippen molar-refractivity contribution in [3.8, 4) is 0 Å². The van der Waals surface area contributed by atoms with Crippen molar-refractivity contribution in [2.24, 2.45) is 0 Å². The zero-order valence-electron chi connectivity index (χ0n) is 11.1. The van der Waals surface area contributed by atoms with Crippen LogP contribution in [0.1, 0.15) is 45.3 Å². The molecule has 1 aliphatic rings. The van der Waals surface area contributed by atoms with Gasteiger partial charge in [0, 0.05) is 30.1 Å². The summed E-state index contributed by atoms with van der Waals surface area (Å²) in [5.74, 6) is 2.56. The number of hydrogen-bond acceptors (Lipinski definition) is 3. The van der Waals surface area contributed by atoms with E-state index >= 15 is 0 Å². The summed E-state index contributed by atoms with van der Waals surface area (Å²) in [5, 5.41) is 3.54. The van der Waals surface area contributed by atoms with Gasteiger partial charge in [-0.05, 0) is 39.4 Å². The fourth-order valence-electron chi connectivity index (χ4n) is 2.10. The Morgan fingerprint density at radius 1 is 1.53 bits per heavy atom. The lowest BCUT2D eigenvalue weighted by Gasteiger charge is -2.26. The average molecular weight is 253 g/mol. The van der Waals surface area contributed by atoms with Crippen molar-refractivity contribution in [3.63, 3.8) is 0 Å². The molecular formula is C13H23N3S. The van der Waals surface area contributed by atoms with Crippen molar-refractivity contribution in [1.29, 1.82) is 0 Å². The smallest absolute Gasteiger partial charge is 0.0951 e. The van der Waals surface area contributed by atoms with Crippen LogP contribution in [0.2, 0.25) is 0 Å². The minimum atomic E-state index is 0.163. The maximum absolute atomic E-state index is 4.31. The molecule has 0 saturated carbocycles. The van der Waals surface area contributed by atoms with Crippen LogP contribution in [0.25, 0.3) is 0 Å². The summed E-state index contributed by atoms with van der Waals surface area (Å²) in [5.41, 5.74) is 1.48. The van der Waals surface area contributed by atoms with Gasteiger partial charge in [-0.2, -0.15) is 11.8 Å². The first-order valence-corrected chi connectivity index (χ1v) is 7.55. The highest BCUT2D eigenvalue weighted by Crippen LogP contribution is 2.27. The van der Waals surface area contributed by atoms with Gasteiger partial charge in [-0.25, -0.2) is 4.98 Å². The summed E-state index contributed by atoms with van der Waals surface area (Å²) in [6.07, 6.45) is 6.62. The second kappa shape index (κ2) is 5.44. The predicted molar refractivity (Wildman–Crippen MR) is 74.4 cm³/mol. The molecule has 1 aliphatic heterocycles. The minimum Gasteiger partial charge on any atom is -0.329 e. The molecule has 4 heteroatoms. The van der Waals surface area contributed by atoms with Crippen molar-refractivity contribution in [2.75, 3.05) is 11.5 Å². The topological polar surface area (TPSA) is 29.9 Å². The van der Waals surface area contributed by atoms with Crippen molar-refractivity contribution in [1.82, 2.24) is 14.9 Å². The number of rotatable bonds is 3. The van der Waals surface area contributed by atoms with E-state index in [0.717, 1.165) is 6.54 Å². The van der Waals surface area contributed by atoms with Gasteiger partial charge in [0.1, 0.15) is 0 Å². The van der Waals surface area contributed by atoms with Crippen LogP contribution in [0.3, 0.4) is 0 Å². The molecule has 3 nitrogen and oxygen atoms in total. The molecule has 17 heavy (non-hydrogen) atoms. The summed E-state index contributed by atoms with van der Waals surface area (Å²) >= 11 is 2.06. The molecule has 0 aromatic carbocycles. The number of hydrogen-bond donors (Lipinski definition) is 1. The Morgan fingerprint density at radius 2 is 2.35 bits per heavy atom. The van der Waals surface area contributed by atoms with Crippen molar-refractivity contribution in [3.05, 3.63) is 18.2 Å². The standard InChI is InChI=1S/C13H23N3S/c1-13(2,3)15-8-12-7-14-10-16(12)11-5-4-6-17-9-11/h7,10-11,15H,4-6,8-9H2,1-3H3. The van der Waals surface area contributed by atoms with Crippen LogP contribution in [0.5, 0.6) is 0 Å². The van der Waals surface area contributed by atoms with E-state index < -0.39 is 0 Å². The third-order valence-electron chi connectivity index (χ3n) is 3.08. The van der Waals surface area contributed by atoms with Crippen LogP contribution in [0.4, 0.5) is 0 Å². The Hall–Kier alpha value is -0.480. The second-order valence-corrected chi connectivity index (χ2v) is 6.92. The maximum atomic E-state index is 4.31. The van der Waals surface area contributed by atoms with Gasteiger partial charge < -0.3 is 9.88 Å². The number of nitrogens with one attached hydrogen (secondary N) is 1. The molecule has 0 radical (unpaired) electrons. The quantitative estimate of drug-likeness (QED) is 0.898. The molecule has 0 spiro atoms. The highest BCUT2D eigenvalue weighted by Gasteiger charge is 2.18. The van der Waals surface area contributed by atoms with Crippen LogP contribution in [0, 0.1) is 0 Å². The first-order valence-electron chi connectivity index (χ1n) is 6.40. The molecule has 1 aromatic rings. The molecule has 1 saturated heterocycles. The maximum Gasteiger partial charge on any atom is 0.0951 e. The van der Waals surface area contributed by atoms with Gasteiger partial charge in [-0.1, -0.05) is 0 Å². The van der Waals surface area contributed by atoms with E-state index in [-0.39, 0.29) is 5.54 Å². The first-order chi connectivity index (χ1) is 8.06. The fraction of sp³-hybridized carbons (Fsp3) is 0.769.